The third kappa shape index (κ3) is 3.88. The van der Waals surface area contributed by atoms with E-state index >= 15 is 0 Å². The van der Waals surface area contributed by atoms with Crippen molar-refractivity contribution in [3.05, 3.63) is 60.1 Å². The zero-order valence-electron chi connectivity index (χ0n) is 10.4. The molecule has 0 aliphatic carbocycles. The van der Waals surface area contributed by atoms with E-state index in [2.05, 4.69) is 0 Å². The van der Waals surface area contributed by atoms with E-state index in [1.54, 1.807) is 24.3 Å². The molecule has 1 aromatic carbocycles. The average Bonchev–Trinajstić information content (AvgIpc) is 2.89. The standard InChI is InChI=1S/C14H12F3NO2/c15-14(16,17)10-18(9-12-7-4-8-20-12)13(19)11-5-2-1-3-6-11/h1-8H,9-10H2. The Labute approximate surface area is 113 Å². The maximum atomic E-state index is 12.6. The van der Waals surface area contributed by atoms with E-state index in [9.17, 15) is 18.0 Å². The molecule has 0 unspecified atom stereocenters. The molecule has 106 valence electrons. The summed E-state index contributed by atoms with van der Waals surface area (Å²) in [4.78, 5) is 12.8. The molecule has 0 aliphatic rings. The topological polar surface area (TPSA) is 33.5 Å². The molecule has 0 radical (unpaired) electrons. The van der Waals surface area contributed by atoms with Crippen LogP contribution in [0.3, 0.4) is 0 Å². The van der Waals surface area contributed by atoms with Crippen LogP contribution in [-0.2, 0) is 6.54 Å². The first kappa shape index (κ1) is 14.2. The number of carbonyl (C=O) groups is 1. The second-order valence-electron chi connectivity index (χ2n) is 4.22. The van der Waals surface area contributed by atoms with Crippen molar-refractivity contribution >= 4 is 5.91 Å². The van der Waals surface area contributed by atoms with E-state index in [0.717, 1.165) is 0 Å². The first-order valence-electron chi connectivity index (χ1n) is 5.89. The summed E-state index contributed by atoms with van der Waals surface area (Å²) in [5.74, 6) is -0.377. The lowest BCUT2D eigenvalue weighted by atomic mass is 10.2. The fourth-order valence-corrected chi connectivity index (χ4v) is 1.77. The van der Waals surface area contributed by atoms with Crippen molar-refractivity contribution < 1.29 is 22.4 Å². The van der Waals surface area contributed by atoms with E-state index < -0.39 is 18.6 Å². The van der Waals surface area contributed by atoms with Crippen molar-refractivity contribution in [3.8, 4) is 0 Å². The normalized spacial score (nSPS) is 11.3. The highest BCUT2D eigenvalue weighted by molar-refractivity contribution is 5.94. The molecule has 6 heteroatoms. The van der Waals surface area contributed by atoms with Crippen molar-refractivity contribution in [1.29, 1.82) is 0 Å². The van der Waals surface area contributed by atoms with Crippen molar-refractivity contribution in [3.63, 3.8) is 0 Å². The number of hydrogen-bond acceptors (Lipinski definition) is 2. The summed E-state index contributed by atoms with van der Waals surface area (Å²) in [5.41, 5.74) is 0.211. The van der Waals surface area contributed by atoms with Gasteiger partial charge in [0.1, 0.15) is 12.3 Å². The molecule has 0 fully saturated rings. The Kier molecular flexibility index (Phi) is 4.12. The molecule has 0 saturated carbocycles. The molecule has 0 bridgehead atoms. The number of alkyl halides is 3. The minimum atomic E-state index is -4.46. The lowest BCUT2D eigenvalue weighted by Crippen LogP contribution is -2.38. The van der Waals surface area contributed by atoms with Crippen LogP contribution in [0.5, 0.6) is 0 Å². The first-order chi connectivity index (χ1) is 9.46. The van der Waals surface area contributed by atoms with Crippen LogP contribution in [0.1, 0.15) is 16.1 Å². The monoisotopic (exact) mass is 283 g/mol. The molecule has 0 atom stereocenters. The largest absolute Gasteiger partial charge is 0.467 e. The molecule has 0 spiro atoms. The highest BCUT2D eigenvalue weighted by Gasteiger charge is 2.33. The summed E-state index contributed by atoms with van der Waals surface area (Å²) in [6.07, 6.45) is -3.11. The van der Waals surface area contributed by atoms with Crippen molar-refractivity contribution in [1.82, 2.24) is 4.90 Å². The molecule has 1 aromatic heterocycles. The Hall–Kier alpha value is -2.24. The fourth-order valence-electron chi connectivity index (χ4n) is 1.77. The van der Waals surface area contributed by atoms with Crippen LogP contribution in [0.4, 0.5) is 13.2 Å². The number of carbonyl (C=O) groups excluding carboxylic acids is 1. The predicted molar refractivity (Wildman–Crippen MR) is 65.9 cm³/mol. The Balaban J connectivity index is 2.19. The van der Waals surface area contributed by atoms with Crippen LogP contribution in [0, 0.1) is 0 Å². The van der Waals surface area contributed by atoms with Crippen molar-refractivity contribution in [2.75, 3.05) is 6.54 Å². The minimum Gasteiger partial charge on any atom is -0.467 e. The molecule has 1 heterocycles. The summed E-state index contributed by atoms with van der Waals surface area (Å²) in [7, 11) is 0. The van der Waals surface area contributed by atoms with Gasteiger partial charge in [-0.05, 0) is 24.3 Å². The van der Waals surface area contributed by atoms with Crippen molar-refractivity contribution in [2.24, 2.45) is 0 Å². The number of amides is 1. The number of nitrogens with zero attached hydrogens (tertiary/aromatic N) is 1. The van der Waals surface area contributed by atoms with Gasteiger partial charge in [-0.2, -0.15) is 13.2 Å². The zero-order chi connectivity index (χ0) is 14.6. The lowest BCUT2D eigenvalue weighted by molar-refractivity contribution is -0.142. The Bertz CT molecular complexity index is 550. The van der Waals surface area contributed by atoms with Crippen LogP contribution in [0.15, 0.2) is 53.1 Å². The Morgan fingerprint density at radius 2 is 1.80 bits per heavy atom. The van der Waals surface area contributed by atoms with Gasteiger partial charge in [0, 0.05) is 5.56 Å². The van der Waals surface area contributed by atoms with E-state index in [-0.39, 0.29) is 12.1 Å². The fraction of sp³-hybridized carbons (Fsp3) is 0.214. The highest BCUT2D eigenvalue weighted by atomic mass is 19.4. The molecule has 3 nitrogen and oxygen atoms in total. The third-order valence-electron chi connectivity index (χ3n) is 2.60. The lowest BCUT2D eigenvalue weighted by Gasteiger charge is -2.23. The van der Waals surface area contributed by atoms with Gasteiger partial charge in [0.05, 0.1) is 12.8 Å². The van der Waals surface area contributed by atoms with Crippen molar-refractivity contribution in [2.45, 2.75) is 12.7 Å². The maximum absolute atomic E-state index is 12.6. The molecule has 2 aromatic rings. The van der Waals surface area contributed by atoms with Gasteiger partial charge in [-0.25, -0.2) is 0 Å². The first-order valence-corrected chi connectivity index (χ1v) is 5.89. The van der Waals surface area contributed by atoms with E-state index in [1.165, 1.54) is 24.5 Å². The van der Waals surface area contributed by atoms with Gasteiger partial charge in [0.2, 0.25) is 0 Å². The summed E-state index contributed by atoms with van der Waals surface area (Å²) in [6.45, 7) is -1.54. The molecule has 2 rings (SSSR count). The molecule has 0 saturated heterocycles. The van der Waals surface area contributed by atoms with Gasteiger partial charge in [-0.15, -0.1) is 0 Å². The Morgan fingerprint density at radius 1 is 1.10 bits per heavy atom. The number of halogens is 3. The number of benzene rings is 1. The second-order valence-corrected chi connectivity index (χ2v) is 4.22. The van der Waals surface area contributed by atoms with Gasteiger partial charge in [-0.1, -0.05) is 18.2 Å². The van der Waals surface area contributed by atoms with Crippen LogP contribution in [0.25, 0.3) is 0 Å². The molecule has 1 amide bonds. The highest BCUT2D eigenvalue weighted by Crippen LogP contribution is 2.20. The number of furan rings is 1. The van der Waals surface area contributed by atoms with Gasteiger partial charge >= 0.3 is 6.18 Å². The third-order valence-corrected chi connectivity index (χ3v) is 2.60. The minimum absolute atomic E-state index is 0.211. The molecule has 20 heavy (non-hydrogen) atoms. The average molecular weight is 283 g/mol. The molecule has 0 aliphatic heterocycles. The van der Waals surface area contributed by atoms with Crippen LogP contribution >= 0.6 is 0 Å². The van der Waals surface area contributed by atoms with Crippen LogP contribution < -0.4 is 0 Å². The molecular weight excluding hydrogens is 271 g/mol. The van der Waals surface area contributed by atoms with Gasteiger partial charge in [-0.3, -0.25) is 4.79 Å². The summed E-state index contributed by atoms with van der Waals surface area (Å²) < 4.78 is 42.8. The van der Waals surface area contributed by atoms with Gasteiger partial charge < -0.3 is 9.32 Å². The zero-order valence-corrected chi connectivity index (χ0v) is 10.4. The molecule has 0 N–H and O–H groups in total. The van der Waals surface area contributed by atoms with Gasteiger partial charge in [0.25, 0.3) is 5.91 Å². The predicted octanol–water partition coefficient (Wildman–Crippen LogP) is 3.48. The summed E-state index contributed by atoms with van der Waals surface area (Å²) in [6, 6.07) is 11.0. The number of hydrogen-bond donors (Lipinski definition) is 0. The SMILES string of the molecule is O=C(c1ccccc1)N(Cc1ccco1)CC(F)(F)F. The maximum Gasteiger partial charge on any atom is 0.406 e. The van der Waals surface area contributed by atoms with Crippen LogP contribution in [-0.4, -0.2) is 23.5 Å². The summed E-state index contributed by atoms with van der Waals surface area (Å²) in [5, 5.41) is 0. The second kappa shape index (κ2) is 5.81. The Morgan fingerprint density at radius 3 is 2.35 bits per heavy atom. The van der Waals surface area contributed by atoms with E-state index in [4.69, 9.17) is 4.42 Å². The summed E-state index contributed by atoms with van der Waals surface area (Å²) >= 11 is 0. The molecular formula is C14H12F3NO2. The van der Waals surface area contributed by atoms with Gasteiger partial charge in [0.15, 0.2) is 0 Å². The smallest absolute Gasteiger partial charge is 0.406 e. The van der Waals surface area contributed by atoms with E-state index in [1.807, 2.05) is 0 Å². The van der Waals surface area contributed by atoms with E-state index in [0.29, 0.717) is 10.7 Å². The quantitative estimate of drug-likeness (QED) is 0.860. The number of rotatable bonds is 4. The van der Waals surface area contributed by atoms with Crippen LogP contribution in [0.2, 0.25) is 0 Å².